The number of rotatable bonds is 2. The highest BCUT2D eigenvalue weighted by atomic mass is 16.6. The number of nitrogens with zero attached hydrogens (tertiary/aromatic N) is 3. The van der Waals surface area contributed by atoms with Crippen LogP contribution in [0.1, 0.15) is 39.7 Å². The van der Waals surface area contributed by atoms with Gasteiger partial charge in [0, 0.05) is 56.0 Å². The Kier molecular flexibility index (Phi) is 5.00. The fraction of sp³-hybridized carbons (Fsp3) is 0.591. The molecule has 3 aliphatic rings. The van der Waals surface area contributed by atoms with Gasteiger partial charge in [-0.3, -0.25) is 4.79 Å². The fourth-order valence-corrected chi connectivity index (χ4v) is 4.52. The number of anilines is 1. The molecule has 0 spiro atoms. The number of benzene rings is 1. The van der Waals surface area contributed by atoms with E-state index >= 15 is 0 Å². The van der Waals surface area contributed by atoms with E-state index in [1.165, 1.54) is 5.69 Å². The number of amides is 2. The van der Waals surface area contributed by atoms with E-state index in [0.29, 0.717) is 18.3 Å². The van der Waals surface area contributed by atoms with Crippen molar-refractivity contribution in [3.63, 3.8) is 0 Å². The van der Waals surface area contributed by atoms with E-state index < -0.39 is 5.60 Å². The fourth-order valence-electron chi connectivity index (χ4n) is 4.52. The van der Waals surface area contributed by atoms with Gasteiger partial charge in [-0.1, -0.05) is 19.1 Å². The maximum atomic E-state index is 12.3. The van der Waals surface area contributed by atoms with Crippen LogP contribution in [0.4, 0.5) is 10.5 Å². The molecule has 2 unspecified atom stereocenters. The number of nitrogens with one attached hydrogen (secondary N) is 1. The summed E-state index contributed by atoms with van der Waals surface area (Å²) in [6.07, 6.45) is 0.279. The maximum Gasteiger partial charge on any atom is 0.410 e. The van der Waals surface area contributed by atoms with Gasteiger partial charge in [-0.2, -0.15) is 5.10 Å². The van der Waals surface area contributed by atoms with Gasteiger partial charge in [-0.05, 0) is 38.5 Å². The number of likely N-dealkylation sites (tertiary alicyclic amines) is 1. The van der Waals surface area contributed by atoms with Crippen molar-refractivity contribution in [3.8, 4) is 0 Å². The van der Waals surface area contributed by atoms with Crippen LogP contribution < -0.4 is 10.3 Å². The van der Waals surface area contributed by atoms with Gasteiger partial charge in [0.1, 0.15) is 5.60 Å². The molecule has 1 N–H and O–H groups in total. The Balaban J connectivity index is 1.37. The van der Waals surface area contributed by atoms with Crippen LogP contribution in [-0.2, 0) is 9.53 Å². The van der Waals surface area contributed by atoms with E-state index in [4.69, 9.17) is 4.74 Å². The molecule has 3 aliphatic heterocycles. The molecular weight excluding hydrogens is 368 g/mol. The summed E-state index contributed by atoms with van der Waals surface area (Å²) >= 11 is 0. The standard InChI is InChI=1S/C22H30N4O3/c1-14-9-19(27)23-24-20(14)15-5-7-18(8-6-15)25-10-16-12-26(13-17(16)11-25)21(28)29-22(2,3)4/h5-8,14,16-17H,9-13H2,1-4H3,(H,23,27)/t14-,16?,17?/m1/s1. The van der Waals surface area contributed by atoms with Crippen molar-refractivity contribution in [3.05, 3.63) is 29.8 Å². The van der Waals surface area contributed by atoms with Crippen LogP contribution in [0.3, 0.4) is 0 Å². The molecule has 3 heterocycles. The zero-order valence-corrected chi connectivity index (χ0v) is 17.6. The molecule has 2 fully saturated rings. The summed E-state index contributed by atoms with van der Waals surface area (Å²) in [6.45, 7) is 11.2. The summed E-state index contributed by atoms with van der Waals surface area (Å²) < 4.78 is 5.52. The minimum Gasteiger partial charge on any atom is -0.444 e. The highest BCUT2D eigenvalue weighted by Crippen LogP contribution is 2.34. The van der Waals surface area contributed by atoms with Crippen molar-refractivity contribution in [2.24, 2.45) is 22.9 Å². The van der Waals surface area contributed by atoms with Gasteiger partial charge >= 0.3 is 6.09 Å². The van der Waals surface area contributed by atoms with E-state index in [-0.39, 0.29) is 17.9 Å². The topological polar surface area (TPSA) is 74.2 Å². The molecule has 0 aliphatic carbocycles. The molecule has 7 heteroatoms. The van der Waals surface area contributed by atoms with Crippen LogP contribution in [-0.4, -0.2) is 54.4 Å². The van der Waals surface area contributed by atoms with Gasteiger partial charge < -0.3 is 14.5 Å². The minimum atomic E-state index is -0.453. The molecule has 2 amide bonds. The van der Waals surface area contributed by atoms with E-state index in [2.05, 4.69) is 39.7 Å². The van der Waals surface area contributed by atoms with Crippen LogP contribution in [0, 0.1) is 17.8 Å². The zero-order valence-electron chi connectivity index (χ0n) is 17.6. The molecule has 4 rings (SSSR count). The Morgan fingerprint density at radius 3 is 2.28 bits per heavy atom. The minimum absolute atomic E-state index is 0.0260. The van der Waals surface area contributed by atoms with Crippen LogP contribution in [0.15, 0.2) is 29.4 Å². The summed E-state index contributed by atoms with van der Waals surface area (Å²) in [6, 6.07) is 8.44. The summed E-state index contributed by atoms with van der Waals surface area (Å²) in [4.78, 5) is 28.0. The molecular formula is C22H30N4O3. The van der Waals surface area contributed by atoms with Crippen LogP contribution >= 0.6 is 0 Å². The predicted octanol–water partition coefficient (Wildman–Crippen LogP) is 2.85. The SMILES string of the molecule is C[C@@H]1CC(=O)NN=C1c1ccc(N2CC3CN(C(=O)OC(C)(C)C)CC3C2)cc1. The highest BCUT2D eigenvalue weighted by Gasteiger charge is 2.42. The number of hydrazone groups is 1. The second-order valence-electron chi connectivity index (χ2n) is 9.49. The van der Waals surface area contributed by atoms with Gasteiger partial charge in [0.05, 0.1) is 5.71 Å². The Labute approximate surface area is 172 Å². The molecule has 1 aromatic rings. The van der Waals surface area contributed by atoms with E-state index in [0.717, 1.165) is 37.5 Å². The van der Waals surface area contributed by atoms with E-state index in [9.17, 15) is 9.59 Å². The normalized spacial score (nSPS) is 26.8. The molecule has 0 saturated carbocycles. The third kappa shape index (κ3) is 4.23. The number of ether oxygens (including phenoxy) is 1. The second-order valence-corrected chi connectivity index (χ2v) is 9.49. The first-order valence-corrected chi connectivity index (χ1v) is 10.4. The van der Waals surface area contributed by atoms with Gasteiger partial charge in [0.25, 0.3) is 0 Å². The van der Waals surface area contributed by atoms with Crippen molar-refractivity contribution in [1.82, 2.24) is 10.3 Å². The summed E-state index contributed by atoms with van der Waals surface area (Å²) in [7, 11) is 0. The lowest BCUT2D eigenvalue weighted by Crippen LogP contribution is -2.37. The van der Waals surface area contributed by atoms with E-state index in [1.807, 2.05) is 32.6 Å². The largest absolute Gasteiger partial charge is 0.444 e. The number of fused-ring (bicyclic) bond motifs is 1. The number of carbonyl (C=O) groups excluding carboxylic acids is 2. The molecule has 0 radical (unpaired) electrons. The lowest BCUT2D eigenvalue weighted by atomic mass is 9.94. The van der Waals surface area contributed by atoms with Gasteiger partial charge in [-0.15, -0.1) is 0 Å². The lowest BCUT2D eigenvalue weighted by molar-refractivity contribution is -0.121. The Hall–Kier alpha value is -2.57. The lowest BCUT2D eigenvalue weighted by Gasteiger charge is -2.26. The van der Waals surface area contributed by atoms with Crippen molar-refractivity contribution in [2.45, 2.75) is 39.7 Å². The van der Waals surface area contributed by atoms with Crippen molar-refractivity contribution in [1.29, 1.82) is 0 Å². The third-order valence-corrected chi connectivity index (χ3v) is 5.93. The van der Waals surface area contributed by atoms with Crippen molar-refractivity contribution >= 4 is 23.4 Å². The van der Waals surface area contributed by atoms with Crippen LogP contribution in [0.5, 0.6) is 0 Å². The van der Waals surface area contributed by atoms with Gasteiger partial charge in [-0.25, -0.2) is 10.2 Å². The molecule has 156 valence electrons. The average Bonchev–Trinajstić information content (AvgIpc) is 3.20. The predicted molar refractivity (Wildman–Crippen MR) is 112 cm³/mol. The van der Waals surface area contributed by atoms with Gasteiger partial charge in [0.15, 0.2) is 0 Å². The quantitative estimate of drug-likeness (QED) is 0.831. The number of carbonyl (C=O) groups is 2. The molecule has 3 atom stereocenters. The van der Waals surface area contributed by atoms with Crippen molar-refractivity contribution < 1.29 is 14.3 Å². The molecule has 0 aromatic heterocycles. The Morgan fingerprint density at radius 1 is 1.10 bits per heavy atom. The molecule has 1 aromatic carbocycles. The average molecular weight is 399 g/mol. The highest BCUT2D eigenvalue weighted by molar-refractivity contribution is 6.05. The first-order valence-electron chi connectivity index (χ1n) is 10.4. The number of hydrogen-bond acceptors (Lipinski definition) is 5. The summed E-state index contributed by atoms with van der Waals surface area (Å²) in [5.41, 5.74) is 5.31. The maximum absolute atomic E-state index is 12.3. The van der Waals surface area contributed by atoms with Crippen LogP contribution in [0.25, 0.3) is 0 Å². The molecule has 7 nitrogen and oxygen atoms in total. The van der Waals surface area contributed by atoms with Gasteiger partial charge in [0.2, 0.25) is 5.91 Å². The van der Waals surface area contributed by atoms with Crippen molar-refractivity contribution in [2.75, 3.05) is 31.1 Å². The molecule has 2 saturated heterocycles. The number of hydrogen-bond donors (Lipinski definition) is 1. The van der Waals surface area contributed by atoms with Crippen LogP contribution in [0.2, 0.25) is 0 Å². The Morgan fingerprint density at radius 2 is 1.72 bits per heavy atom. The summed E-state index contributed by atoms with van der Waals surface area (Å²) in [5, 5.41) is 4.24. The smallest absolute Gasteiger partial charge is 0.410 e. The molecule has 29 heavy (non-hydrogen) atoms. The summed E-state index contributed by atoms with van der Waals surface area (Å²) in [5.74, 6) is 1.07. The monoisotopic (exact) mass is 398 g/mol. The van der Waals surface area contributed by atoms with E-state index in [1.54, 1.807) is 0 Å². The Bertz CT molecular complexity index is 813. The third-order valence-electron chi connectivity index (χ3n) is 5.93. The zero-order chi connectivity index (χ0) is 20.8. The second kappa shape index (κ2) is 7.35. The first-order chi connectivity index (χ1) is 13.7. The molecule has 0 bridgehead atoms. The first kappa shape index (κ1) is 19.7.